The number of fused-ring (bicyclic) bond motifs is 1. The molecule has 6 heteroatoms. The van der Waals surface area contributed by atoms with E-state index in [1.165, 1.54) is 17.0 Å². The average Bonchev–Trinajstić information content (AvgIpc) is 3.09. The van der Waals surface area contributed by atoms with Crippen LogP contribution in [0.1, 0.15) is 38.7 Å². The van der Waals surface area contributed by atoms with Gasteiger partial charge in [0, 0.05) is 11.4 Å². The van der Waals surface area contributed by atoms with Crippen LogP contribution in [-0.4, -0.2) is 19.3 Å². The molecule has 0 radical (unpaired) electrons. The summed E-state index contributed by atoms with van der Waals surface area (Å²) in [6.45, 7) is 6.07. The molecule has 0 bridgehead atoms. The van der Waals surface area contributed by atoms with E-state index in [1.54, 1.807) is 27.8 Å². The summed E-state index contributed by atoms with van der Waals surface area (Å²) in [5.74, 6) is -0.329. The molecule has 3 aromatic rings. The number of rotatable bonds is 3. The smallest absolute Gasteiger partial charge is 0.207 e. The van der Waals surface area contributed by atoms with E-state index in [0.717, 1.165) is 27.8 Å². The zero-order valence-corrected chi connectivity index (χ0v) is 17.7. The molecular formula is C22H22FNO2S2. The molecule has 0 amide bonds. The third kappa shape index (κ3) is 3.19. The van der Waals surface area contributed by atoms with Crippen molar-refractivity contribution >= 4 is 21.4 Å². The lowest BCUT2D eigenvalue weighted by Crippen LogP contribution is -2.40. The molecule has 4 rings (SSSR count). The molecule has 1 aliphatic heterocycles. The molecule has 1 unspecified atom stereocenters. The van der Waals surface area contributed by atoms with Crippen LogP contribution in [0.5, 0.6) is 0 Å². The Hall–Kier alpha value is -2.02. The maximum Gasteiger partial charge on any atom is 0.244 e. The van der Waals surface area contributed by atoms with Crippen molar-refractivity contribution in [2.24, 2.45) is 0 Å². The number of nitrogens with zero attached hydrogens (tertiary/aromatic N) is 1. The lowest BCUT2D eigenvalue weighted by atomic mass is 9.95. The fraction of sp³-hybridized carbons (Fsp3) is 0.273. The molecule has 1 aromatic heterocycles. The molecule has 0 spiro atoms. The van der Waals surface area contributed by atoms with E-state index in [9.17, 15) is 12.8 Å². The van der Waals surface area contributed by atoms with Gasteiger partial charge in [0.25, 0.3) is 0 Å². The quantitative estimate of drug-likeness (QED) is 0.593. The van der Waals surface area contributed by atoms with E-state index in [4.69, 9.17) is 0 Å². The van der Waals surface area contributed by atoms with Crippen LogP contribution in [0.3, 0.4) is 0 Å². The Labute approximate surface area is 169 Å². The highest BCUT2D eigenvalue weighted by atomic mass is 32.2. The highest BCUT2D eigenvalue weighted by molar-refractivity contribution is 7.89. The first kappa shape index (κ1) is 19.3. The monoisotopic (exact) mass is 415 g/mol. The molecule has 0 N–H and O–H groups in total. The summed E-state index contributed by atoms with van der Waals surface area (Å²) in [6, 6.07) is 11.5. The summed E-state index contributed by atoms with van der Waals surface area (Å²) in [5.41, 5.74) is 4.33. The summed E-state index contributed by atoms with van der Waals surface area (Å²) in [4.78, 5) is 1.57. The zero-order chi connectivity index (χ0) is 20.1. The van der Waals surface area contributed by atoms with Gasteiger partial charge in [0.15, 0.2) is 0 Å². The zero-order valence-electron chi connectivity index (χ0n) is 16.1. The van der Waals surface area contributed by atoms with Crippen LogP contribution in [-0.2, 0) is 16.4 Å². The SMILES string of the molecule is Cc1cc(C)c(S(=O)(=O)N2CCc3sccc3C2c2ccc(F)cc2)c(C)c1. The number of thiophene rings is 1. The molecule has 1 aliphatic rings. The van der Waals surface area contributed by atoms with Gasteiger partial charge in [0.05, 0.1) is 10.9 Å². The summed E-state index contributed by atoms with van der Waals surface area (Å²) in [5, 5.41) is 2.00. The molecular weight excluding hydrogens is 393 g/mol. The fourth-order valence-electron chi connectivity index (χ4n) is 4.23. The Morgan fingerprint density at radius 1 is 1.04 bits per heavy atom. The molecule has 0 aliphatic carbocycles. The van der Waals surface area contributed by atoms with Crippen molar-refractivity contribution in [1.82, 2.24) is 4.31 Å². The topological polar surface area (TPSA) is 37.4 Å². The van der Waals surface area contributed by atoms with Gasteiger partial charge in [-0.1, -0.05) is 29.8 Å². The largest absolute Gasteiger partial charge is 0.244 e. The molecule has 0 fully saturated rings. The van der Waals surface area contributed by atoms with E-state index < -0.39 is 16.1 Å². The standard InChI is InChI=1S/C22H22FNO2S2/c1-14-12-15(2)22(16(3)13-14)28(25,26)24-10-8-20-19(9-11-27-20)21(24)17-4-6-18(23)7-5-17/h4-7,9,11-13,21H,8,10H2,1-3H3. The molecule has 3 nitrogen and oxygen atoms in total. The highest BCUT2D eigenvalue weighted by Crippen LogP contribution is 2.41. The van der Waals surface area contributed by atoms with Crippen LogP contribution in [0.25, 0.3) is 0 Å². The van der Waals surface area contributed by atoms with Crippen LogP contribution in [0.2, 0.25) is 0 Å². The first-order valence-electron chi connectivity index (χ1n) is 9.20. The summed E-state index contributed by atoms with van der Waals surface area (Å²) in [6.07, 6.45) is 0.688. The second kappa shape index (κ2) is 7.10. The van der Waals surface area contributed by atoms with Crippen molar-refractivity contribution in [3.63, 3.8) is 0 Å². The van der Waals surface area contributed by atoms with Gasteiger partial charge in [-0.05, 0) is 73.0 Å². The van der Waals surface area contributed by atoms with Gasteiger partial charge >= 0.3 is 0 Å². The number of sulfonamides is 1. The van der Waals surface area contributed by atoms with Crippen molar-refractivity contribution < 1.29 is 12.8 Å². The number of benzene rings is 2. The van der Waals surface area contributed by atoms with E-state index in [1.807, 2.05) is 44.4 Å². The molecule has 0 saturated carbocycles. The molecule has 0 saturated heterocycles. The second-order valence-corrected chi connectivity index (χ2v) is 10.2. The third-order valence-corrected chi connectivity index (χ3v) is 8.45. The van der Waals surface area contributed by atoms with Crippen molar-refractivity contribution in [3.05, 3.63) is 86.4 Å². The van der Waals surface area contributed by atoms with E-state index in [0.29, 0.717) is 17.9 Å². The predicted molar refractivity (Wildman–Crippen MR) is 111 cm³/mol. The van der Waals surface area contributed by atoms with Gasteiger partial charge in [-0.25, -0.2) is 12.8 Å². The lowest BCUT2D eigenvalue weighted by Gasteiger charge is -2.36. The third-order valence-electron chi connectivity index (χ3n) is 5.28. The molecule has 2 heterocycles. The highest BCUT2D eigenvalue weighted by Gasteiger charge is 2.39. The first-order chi connectivity index (χ1) is 13.3. The Bertz CT molecular complexity index is 1110. The normalized spacial score (nSPS) is 17.5. The second-order valence-electron chi connectivity index (χ2n) is 7.35. The average molecular weight is 416 g/mol. The predicted octanol–water partition coefficient (Wildman–Crippen LogP) is 5.15. The van der Waals surface area contributed by atoms with E-state index >= 15 is 0 Å². The van der Waals surface area contributed by atoms with Crippen molar-refractivity contribution in [3.8, 4) is 0 Å². The van der Waals surface area contributed by atoms with Crippen LogP contribution in [0, 0.1) is 26.6 Å². The number of aryl methyl sites for hydroxylation is 3. The van der Waals surface area contributed by atoms with Gasteiger partial charge in [0.2, 0.25) is 10.0 Å². The molecule has 1 atom stereocenters. The number of hydrogen-bond donors (Lipinski definition) is 0. The van der Waals surface area contributed by atoms with E-state index in [-0.39, 0.29) is 5.82 Å². The van der Waals surface area contributed by atoms with Crippen LogP contribution in [0.4, 0.5) is 4.39 Å². The van der Waals surface area contributed by atoms with Crippen LogP contribution in [0.15, 0.2) is 52.7 Å². The summed E-state index contributed by atoms with van der Waals surface area (Å²) >= 11 is 1.65. The van der Waals surface area contributed by atoms with E-state index in [2.05, 4.69) is 0 Å². The van der Waals surface area contributed by atoms with Gasteiger partial charge in [0.1, 0.15) is 5.82 Å². The van der Waals surface area contributed by atoms with Crippen molar-refractivity contribution in [1.29, 1.82) is 0 Å². The summed E-state index contributed by atoms with van der Waals surface area (Å²) in [7, 11) is -3.72. The minimum atomic E-state index is -3.72. The van der Waals surface area contributed by atoms with Gasteiger partial charge < -0.3 is 0 Å². The fourth-order valence-corrected chi connectivity index (χ4v) is 7.15. The Kier molecular flexibility index (Phi) is 4.89. The molecule has 2 aromatic carbocycles. The Morgan fingerprint density at radius 3 is 2.32 bits per heavy atom. The minimum Gasteiger partial charge on any atom is -0.207 e. The number of hydrogen-bond acceptors (Lipinski definition) is 3. The Morgan fingerprint density at radius 2 is 1.68 bits per heavy atom. The van der Waals surface area contributed by atoms with Crippen molar-refractivity contribution in [2.45, 2.75) is 38.1 Å². The van der Waals surface area contributed by atoms with Crippen molar-refractivity contribution in [2.75, 3.05) is 6.54 Å². The summed E-state index contributed by atoms with van der Waals surface area (Å²) < 4.78 is 42.6. The maximum atomic E-state index is 13.8. The van der Waals surface area contributed by atoms with Crippen LogP contribution < -0.4 is 0 Å². The van der Waals surface area contributed by atoms with Gasteiger partial charge in [-0.2, -0.15) is 4.31 Å². The van der Waals surface area contributed by atoms with Gasteiger partial charge in [-0.15, -0.1) is 11.3 Å². The molecule has 28 heavy (non-hydrogen) atoms. The Balaban J connectivity index is 1.89. The molecule has 146 valence electrons. The lowest BCUT2D eigenvalue weighted by molar-refractivity contribution is 0.346. The minimum absolute atomic E-state index is 0.329. The number of halogens is 1. The maximum absolute atomic E-state index is 13.8. The van der Waals surface area contributed by atoms with Gasteiger partial charge in [-0.3, -0.25) is 0 Å². The first-order valence-corrected chi connectivity index (χ1v) is 11.5. The van der Waals surface area contributed by atoms with Crippen LogP contribution >= 0.6 is 11.3 Å².